The topological polar surface area (TPSA) is 51.6 Å². The molecule has 2 heterocycles. The highest BCUT2D eigenvalue weighted by molar-refractivity contribution is 6.32. The number of pyridine rings is 1. The average molecular weight is 292 g/mol. The van der Waals surface area contributed by atoms with Crippen LogP contribution in [0, 0.1) is 6.92 Å². The van der Waals surface area contributed by atoms with Gasteiger partial charge in [0.05, 0.1) is 5.02 Å². The van der Waals surface area contributed by atoms with Crippen molar-refractivity contribution in [2.45, 2.75) is 13.0 Å². The van der Waals surface area contributed by atoms with Crippen LogP contribution >= 0.6 is 11.6 Å². The van der Waals surface area contributed by atoms with E-state index in [1.54, 1.807) is 24.5 Å². The van der Waals surface area contributed by atoms with Gasteiger partial charge in [-0.25, -0.2) is 0 Å². The van der Waals surface area contributed by atoms with Gasteiger partial charge in [-0.3, -0.25) is 4.98 Å². The van der Waals surface area contributed by atoms with Gasteiger partial charge >= 0.3 is 0 Å². The molecule has 0 spiro atoms. The molecule has 104 valence electrons. The monoisotopic (exact) mass is 291 g/mol. The molecule has 0 fully saturated rings. The Bertz CT molecular complexity index is 645. The number of halogens is 1. The van der Waals surface area contributed by atoms with Gasteiger partial charge in [-0.1, -0.05) is 17.7 Å². The van der Waals surface area contributed by atoms with Crippen molar-refractivity contribution < 1.29 is 14.6 Å². The normalized spacial score (nSPS) is 14.9. The first kappa shape index (κ1) is 13.2. The van der Waals surface area contributed by atoms with Crippen molar-refractivity contribution in [2.75, 3.05) is 13.2 Å². The Labute approximate surface area is 121 Å². The molecule has 5 heteroatoms. The number of aryl methyl sites for hydroxylation is 1. The SMILES string of the molecule is Cc1cncc(C(O)c2cc(Cl)c3c(c2)OCCO3)c1. The van der Waals surface area contributed by atoms with Gasteiger partial charge in [-0.15, -0.1) is 0 Å². The van der Waals surface area contributed by atoms with Crippen molar-refractivity contribution in [3.8, 4) is 11.5 Å². The maximum absolute atomic E-state index is 10.4. The molecule has 1 aromatic carbocycles. The molecular formula is C15H14ClNO3. The lowest BCUT2D eigenvalue weighted by molar-refractivity contribution is 0.170. The van der Waals surface area contributed by atoms with E-state index < -0.39 is 6.10 Å². The molecule has 1 aliphatic heterocycles. The van der Waals surface area contributed by atoms with Gasteiger partial charge in [0.2, 0.25) is 0 Å². The standard InChI is InChI=1S/C15H14ClNO3/c1-9-4-11(8-17-7-9)14(18)10-5-12(16)15-13(6-10)19-2-3-20-15/h4-8,14,18H,2-3H2,1H3. The molecule has 2 aromatic rings. The minimum atomic E-state index is -0.796. The van der Waals surface area contributed by atoms with Gasteiger partial charge in [-0.05, 0) is 30.2 Å². The zero-order chi connectivity index (χ0) is 14.1. The summed E-state index contributed by atoms with van der Waals surface area (Å²) in [5, 5.41) is 10.9. The second-order valence-corrected chi connectivity index (χ2v) is 5.13. The van der Waals surface area contributed by atoms with Gasteiger partial charge in [0.15, 0.2) is 11.5 Å². The molecule has 20 heavy (non-hydrogen) atoms. The molecule has 0 bridgehead atoms. The molecule has 0 saturated heterocycles. The van der Waals surface area contributed by atoms with E-state index in [-0.39, 0.29) is 0 Å². The van der Waals surface area contributed by atoms with Crippen LogP contribution in [0.4, 0.5) is 0 Å². The number of ether oxygens (including phenoxy) is 2. The fourth-order valence-corrected chi connectivity index (χ4v) is 2.48. The fourth-order valence-electron chi connectivity index (χ4n) is 2.21. The van der Waals surface area contributed by atoms with E-state index in [2.05, 4.69) is 4.98 Å². The summed E-state index contributed by atoms with van der Waals surface area (Å²) in [4.78, 5) is 4.09. The van der Waals surface area contributed by atoms with E-state index >= 15 is 0 Å². The van der Waals surface area contributed by atoms with Gasteiger partial charge < -0.3 is 14.6 Å². The predicted molar refractivity (Wildman–Crippen MR) is 75.5 cm³/mol. The molecule has 1 atom stereocenters. The molecule has 0 radical (unpaired) electrons. The summed E-state index contributed by atoms with van der Waals surface area (Å²) in [7, 11) is 0. The molecule has 0 amide bonds. The third-order valence-electron chi connectivity index (χ3n) is 3.15. The lowest BCUT2D eigenvalue weighted by Crippen LogP contribution is -2.16. The van der Waals surface area contributed by atoms with E-state index in [0.717, 1.165) is 11.1 Å². The minimum Gasteiger partial charge on any atom is -0.486 e. The highest BCUT2D eigenvalue weighted by Gasteiger charge is 2.20. The number of hydrogen-bond acceptors (Lipinski definition) is 4. The summed E-state index contributed by atoms with van der Waals surface area (Å²) >= 11 is 6.18. The number of aliphatic hydroxyl groups is 1. The number of aliphatic hydroxyl groups excluding tert-OH is 1. The Morgan fingerprint density at radius 1 is 1.15 bits per heavy atom. The number of fused-ring (bicyclic) bond motifs is 1. The lowest BCUT2D eigenvalue weighted by atomic mass is 10.0. The highest BCUT2D eigenvalue weighted by Crippen LogP contribution is 2.40. The molecule has 1 N–H and O–H groups in total. The third-order valence-corrected chi connectivity index (χ3v) is 3.43. The summed E-state index contributed by atoms with van der Waals surface area (Å²) in [5.41, 5.74) is 2.37. The van der Waals surface area contributed by atoms with Crippen molar-refractivity contribution >= 4 is 11.6 Å². The van der Waals surface area contributed by atoms with Crippen LogP contribution in [0.3, 0.4) is 0 Å². The summed E-state index contributed by atoms with van der Waals surface area (Å²) in [6.07, 6.45) is 2.59. The van der Waals surface area contributed by atoms with E-state index in [9.17, 15) is 5.11 Å². The van der Waals surface area contributed by atoms with E-state index in [4.69, 9.17) is 21.1 Å². The quantitative estimate of drug-likeness (QED) is 0.924. The molecule has 1 aliphatic rings. The Hall–Kier alpha value is -1.78. The van der Waals surface area contributed by atoms with E-state index in [0.29, 0.717) is 35.3 Å². The van der Waals surface area contributed by atoms with Crippen LogP contribution < -0.4 is 9.47 Å². The number of nitrogens with zero attached hydrogens (tertiary/aromatic N) is 1. The number of aromatic nitrogens is 1. The highest BCUT2D eigenvalue weighted by atomic mass is 35.5. The Morgan fingerprint density at radius 3 is 2.75 bits per heavy atom. The lowest BCUT2D eigenvalue weighted by Gasteiger charge is -2.21. The van der Waals surface area contributed by atoms with Crippen LogP contribution in [0.25, 0.3) is 0 Å². The molecular weight excluding hydrogens is 278 g/mol. The average Bonchev–Trinajstić information content (AvgIpc) is 2.46. The van der Waals surface area contributed by atoms with Crippen molar-refractivity contribution in [3.05, 3.63) is 52.3 Å². The maximum Gasteiger partial charge on any atom is 0.179 e. The summed E-state index contributed by atoms with van der Waals surface area (Å²) in [6, 6.07) is 5.35. The number of benzene rings is 1. The summed E-state index contributed by atoms with van der Waals surface area (Å²) in [5.74, 6) is 1.11. The largest absolute Gasteiger partial charge is 0.486 e. The molecule has 4 nitrogen and oxygen atoms in total. The first-order valence-corrected chi connectivity index (χ1v) is 6.71. The molecule has 1 unspecified atom stereocenters. The molecule has 1 aromatic heterocycles. The zero-order valence-electron chi connectivity index (χ0n) is 11.0. The minimum absolute atomic E-state index is 0.442. The van der Waals surface area contributed by atoms with Crippen molar-refractivity contribution in [1.82, 2.24) is 4.98 Å². The Kier molecular flexibility index (Phi) is 3.51. The van der Waals surface area contributed by atoms with Crippen molar-refractivity contribution in [1.29, 1.82) is 0 Å². The number of rotatable bonds is 2. The fraction of sp³-hybridized carbons (Fsp3) is 0.267. The Morgan fingerprint density at radius 2 is 1.95 bits per heavy atom. The second-order valence-electron chi connectivity index (χ2n) is 4.73. The predicted octanol–water partition coefficient (Wildman–Crippen LogP) is 2.90. The van der Waals surface area contributed by atoms with Crippen molar-refractivity contribution in [2.24, 2.45) is 0 Å². The second kappa shape index (κ2) is 5.31. The van der Waals surface area contributed by atoms with E-state index in [1.165, 1.54) is 0 Å². The van der Waals surface area contributed by atoms with Gasteiger partial charge in [0, 0.05) is 18.0 Å². The summed E-state index contributed by atoms with van der Waals surface area (Å²) < 4.78 is 11.0. The molecule has 0 saturated carbocycles. The van der Waals surface area contributed by atoms with Crippen LogP contribution in [0.2, 0.25) is 5.02 Å². The van der Waals surface area contributed by atoms with Crippen LogP contribution in [0.1, 0.15) is 22.8 Å². The van der Waals surface area contributed by atoms with Gasteiger partial charge in [-0.2, -0.15) is 0 Å². The first-order valence-electron chi connectivity index (χ1n) is 6.34. The van der Waals surface area contributed by atoms with Crippen LogP contribution in [0.15, 0.2) is 30.6 Å². The third kappa shape index (κ3) is 2.44. The van der Waals surface area contributed by atoms with Crippen LogP contribution in [0.5, 0.6) is 11.5 Å². The van der Waals surface area contributed by atoms with Crippen LogP contribution in [-0.4, -0.2) is 23.3 Å². The number of hydrogen-bond donors (Lipinski definition) is 1. The smallest absolute Gasteiger partial charge is 0.179 e. The molecule has 0 aliphatic carbocycles. The molecule has 3 rings (SSSR count). The Balaban J connectivity index is 2.00. The van der Waals surface area contributed by atoms with Gasteiger partial charge in [0.25, 0.3) is 0 Å². The van der Waals surface area contributed by atoms with Crippen LogP contribution in [-0.2, 0) is 0 Å². The summed E-state index contributed by atoms with van der Waals surface area (Å²) in [6.45, 7) is 2.89. The first-order chi connectivity index (χ1) is 9.65. The maximum atomic E-state index is 10.4. The zero-order valence-corrected chi connectivity index (χ0v) is 11.7. The van der Waals surface area contributed by atoms with Gasteiger partial charge in [0.1, 0.15) is 19.3 Å². The van der Waals surface area contributed by atoms with E-state index in [1.807, 2.05) is 13.0 Å². The van der Waals surface area contributed by atoms with Crippen molar-refractivity contribution in [3.63, 3.8) is 0 Å².